The minimum Gasteiger partial charge on any atom is -0.376 e. The summed E-state index contributed by atoms with van der Waals surface area (Å²) >= 11 is 0. The number of rotatable bonds is 3. The lowest BCUT2D eigenvalue weighted by Gasteiger charge is -2.18. The summed E-state index contributed by atoms with van der Waals surface area (Å²) in [5, 5.41) is 7.75. The molecule has 0 aliphatic carbocycles. The maximum Gasteiger partial charge on any atom is 0.243 e. The number of hydrogen-bond donors (Lipinski definition) is 1. The summed E-state index contributed by atoms with van der Waals surface area (Å²) in [4.78, 5) is 4.45. The van der Waals surface area contributed by atoms with Crippen molar-refractivity contribution >= 4 is 11.6 Å². The molecule has 2 aromatic heterocycles. The first-order chi connectivity index (χ1) is 8.72. The topological polar surface area (TPSA) is 51.5 Å². The van der Waals surface area contributed by atoms with E-state index in [0.29, 0.717) is 5.95 Å². The van der Waals surface area contributed by atoms with Crippen molar-refractivity contribution in [1.29, 1.82) is 0 Å². The van der Waals surface area contributed by atoms with Gasteiger partial charge in [-0.3, -0.25) is 0 Å². The number of aromatic nitrogens is 3. The molecule has 5 heteroatoms. The van der Waals surface area contributed by atoms with Crippen LogP contribution in [0.15, 0.2) is 18.3 Å². The third-order valence-corrected chi connectivity index (χ3v) is 3.36. The van der Waals surface area contributed by atoms with Gasteiger partial charge in [-0.25, -0.2) is 4.52 Å². The van der Waals surface area contributed by atoms with Crippen LogP contribution in [0.3, 0.4) is 0 Å². The molecule has 2 aromatic rings. The Kier molecular flexibility index (Phi) is 2.91. The Balaban J connectivity index is 1.77. The highest BCUT2D eigenvalue weighted by molar-refractivity contribution is 5.44. The van der Waals surface area contributed by atoms with E-state index in [9.17, 15) is 0 Å². The van der Waals surface area contributed by atoms with Crippen LogP contribution in [0.2, 0.25) is 0 Å². The highest BCUT2D eigenvalue weighted by Crippen LogP contribution is 2.18. The van der Waals surface area contributed by atoms with Gasteiger partial charge in [-0.05, 0) is 38.3 Å². The molecule has 0 bridgehead atoms. The summed E-state index contributed by atoms with van der Waals surface area (Å²) < 4.78 is 7.46. The Labute approximate surface area is 106 Å². The van der Waals surface area contributed by atoms with Gasteiger partial charge >= 0.3 is 0 Å². The summed E-state index contributed by atoms with van der Waals surface area (Å²) in [6.45, 7) is 5.03. The average molecular weight is 246 g/mol. The molecular weight excluding hydrogens is 228 g/mol. The molecule has 0 radical (unpaired) electrons. The van der Waals surface area contributed by atoms with Crippen LogP contribution in [0.1, 0.15) is 25.3 Å². The third-order valence-electron chi connectivity index (χ3n) is 3.36. The van der Waals surface area contributed by atoms with Crippen molar-refractivity contribution in [3.63, 3.8) is 0 Å². The highest BCUT2D eigenvalue weighted by Gasteiger charge is 2.23. The van der Waals surface area contributed by atoms with Crippen molar-refractivity contribution in [1.82, 2.24) is 14.6 Å². The van der Waals surface area contributed by atoms with Crippen molar-refractivity contribution < 1.29 is 4.74 Å². The minimum atomic E-state index is 0.242. The van der Waals surface area contributed by atoms with E-state index >= 15 is 0 Å². The van der Waals surface area contributed by atoms with E-state index in [4.69, 9.17) is 4.74 Å². The van der Waals surface area contributed by atoms with Gasteiger partial charge in [-0.2, -0.15) is 4.98 Å². The van der Waals surface area contributed by atoms with E-state index in [1.165, 1.54) is 5.56 Å². The first-order valence-electron chi connectivity index (χ1n) is 6.43. The van der Waals surface area contributed by atoms with Crippen LogP contribution < -0.4 is 5.32 Å². The summed E-state index contributed by atoms with van der Waals surface area (Å²) in [6, 6.07) is 4.26. The lowest BCUT2D eigenvalue weighted by Crippen LogP contribution is -2.30. The van der Waals surface area contributed by atoms with Crippen LogP contribution in [0.25, 0.3) is 5.65 Å². The third kappa shape index (κ3) is 2.18. The monoisotopic (exact) mass is 246 g/mol. The predicted molar refractivity (Wildman–Crippen MR) is 69.8 cm³/mol. The van der Waals surface area contributed by atoms with Gasteiger partial charge in [0.25, 0.3) is 0 Å². The van der Waals surface area contributed by atoms with Crippen molar-refractivity contribution in [2.24, 2.45) is 0 Å². The first kappa shape index (κ1) is 11.5. The molecule has 1 fully saturated rings. The van der Waals surface area contributed by atoms with Crippen LogP contribution >= 0.6 is 0 Å². The molecule has 3 heterocycles. The minimum absolute atomic E-state index is 0.242. The Morgan fingerprint density at radius 2 is 2.39 bits per heavy atom. The second-order valence-corrected chi connectivity index (χ2v) is 4.93. The standard InChI is InChI=1S/C13H18N4O/c1-9-5-6-12-15-13(16-17(12)8-9)14-10(2)11-4-3-7-18-11/h5-6,8,10-11H,3-4,7H2,1-2H3,(H,14,16). The highest BCUT2D eigenvalue weighted by atomic mass is 16.5. The summed E-state index contributed by atoms with van der Waals surface area (Å²) in [5.74, 6) is 0.670. The van der Waals surface area contributed by atoms with E-state index in [1.807, 2.05) is 25.3 Å². The normalized spacial score (nSPS) is 21.3. The number of ether oxygens (including phenoxy) is 1. The van der Waals surface area contributed by atoms with Crippen LogP contribution in [0, 0.1) is 6.92 Å². The lowest BCUT2D eigenvalue weighted by atomic mass is 10.1. The maximum atomic E-state index is 5.66. The van der Waals surface area contributed by atoms with Crippen LogP contribution in [0.4, 0.5) is 5.95 Å². The molecule has 2 unspecified atom stereocenters. The Hall–Kier alpha value is -1.62. The van der Waals surface area contributed by atoms with Gasteiger partial charge in [0, 0.05) is 12.8 Å². The molecule has 1 N–H and O–H groups in total. The molecule has 96 valence electrons. The van der Waals surface area contributed by atoms with Gasteiger partial charge < -0.3 is 10.1 Å². The van der Waals surface area contributed by atoms with E-state index in [0.717, 1.165) is 25.1 Å². The molecule has 3 rings (SSSR count). The molecular formula is C13H18N4O. The molecule has 1 saturated heterocycles. The quantitative estimate of drug-likeness (QED) is 0.900. The molecule has 0 aromatic carbocycles. The number of nitrogens with zero attached hydrogens (tertiary/aromatic N) is 3. The summed E-state index contributed by atoms with van der Waals surface area (Å²) in [5.41, 5.74) is 2.04. The largest absolute Gasteiger partial charge is 0.376 e. The predicted octanol–water partition coefficient (Wildman–Crippen LogP) is 2.02. The van der Waals surface area contributed by atoms with Gasteiger partial charge in [-0.1, -0.05) is 6.07 Å². The molecule has 0 amide bonds. The Morgan fingerprint density at radius 1 is 1.50 bits per heavy atom. The zero-order chi connectivity index (χ0) is 12.5. The van der Waals surface area contributed by atoms with Crippen LogP contribution in [-0.4, -0.2) is 33.4 Å². The fourth-order valence-electron chi connectivity index (χ4n) is 2.34. The Morgan fingerprint density at radius 3 is 3.17 bits per heavy atom. The van der Waals surface area contributed by atoms with Crippen molar-refractivity contribution in [2.45, 2.75) is 38.8 Å². The number of fused-ring (bicyclic) bond motifs is 1. The maximum absolute atomic E-state index is 5.66. The van der Waals surface area contributed by atoms with E-state index in [-0.39, 0.29) is 12.1 Å². The molecule has 0 spiro atoms. The van der Waals surface area contributed by atoms with Crippen molar-refractivity contribution in [3.8, 4) is 0 Å². The average Bonchev–Trinajstić information content (AvgIpc) is 2.95. The van der Waals surface area contributed by atoms with Crippen molar-refractivity contribution in [2.75, 3.05) is 11.9 Å². The van der Waals surface area contributed by atoms with Gasteiger partial charge in [0.1, 0.15) is 0 Å². The SMILES string of the molecule is Cc1ccc2nc(NC(C)C3CCCO3)nn2c1. The van der Waals surface area contributed by atoms with Crippen LogP contribution in [-0.2, 0) is 4.74 Å². The van der Waals surface area contributed by atoms with E-state index < -0.39 is 0 Å². The first-order valence-corrected chi connectivity index (χ1v) is 6.43. The molecule has 2 atom stereocenters. The van der Waals surface area contributed by atoms with Crippen molar-refractivity contribution in [3.05, 3.63) is 23.9 Å². The second-order valence-electron chi connectivity index (χ2n) is 4.93. The molecule has 18 heavy (non-hydrogen) atoms. The number of hydrogen-bond acceptors (Lipinski definition) is 4. The molecule has 1 aliphatic heterocycles. The summed E-state index contributed by atoms with van der Waals surface area (Å²) in [6.07, 6.45) is 4.51. The van der Waals surface area contributed by atoms with Gasteiger partial charge in [0.15, 0.2) is 5.65 Å². The fourth-order valence-corrected chi connectivity index (χ4v) is 2.34. The zero-order valence-corrected chi connectivity index (χ0v) is 10.8. The lowest BCUT2D eigenvalue weighted by molar-refractivity contribution is 0.0994. The van der Waals surface area contributed by atoms with E-state index in [2.05, 4.69) is 22.3 Å². The van der Waals surface area contributed by atoms with Gasteiger partial charge in [0.2, 0.25) is 5.95 Å². The number of anilines is 1. The molecule has 0 saturated carbocycles. The zero-order valence-electron chi connectivity index (χ0n) is 10.8. The van der Waals surface area contributed by atoms with Gasteiger partial charge in [0.05, 0.1) is 12.1 Å². The van der Waals surface area contributed by atoms with Gasteiger partial charge in [-0.15, -0.1) is 5.10 Å². The van der Waals surface area contributed by atoms with E-state index in [1.54, 1.807) is 4.52 Å². The Bertz CT molecular complexity index is 545. The molecule has 5 nitrogen and oxygen atoms in total. The number of nitrogens with one attached hydrogen (secondary N) is 1. The number of pyridine rings is 1. The number of aryl methyl sites for hydroxylation is 1. The van der Waals surface area contributed by atoms with Crippen LogP contribution in [0.5, 0.6) is 0 Å². The fraction of sp³-hybridized carbons (Fsp3) is 0.538. The molecule has 1 aliphatic rings. The smallest absolute Gasteiger partial charge is 0.243 e. The summed E-state index contributed by atoms with van der Waals surface area (Å²) in [7, 11) is 0. The second kappa shape index (κ2) is 4.57.